The number of aromatic nitrogens is 1. The van der Waals surface area contributed by atoms with Gasteiger partial charge in [0.2, 0.25) is 0 Å². The van der Waals surface area contributed by atoms with Crippen LogP contribution in [-0.4, -0.2) is 10.7 Å². The third-order valence-corrected chi connectivity index (χ3v) is 3.36. The maximum Gasteiger partial charge on any atom is 0.291 e. The maximum absolute atomic E-state index is 12.7. The SMILES string of the molecule is Fc1ccc2sc(SC(F)F)nc2c1. The normalized spacial score (nSPS) is 11.4. The van der Waals surface area contributed by atoms with Gasteiger partial charge >= 0.3 is 0 Å². The zero-order valence-corrected chi connectivity index (χ0v) is 8.34. The van der Waals surface area contributed by atoms with Crippen LogP contribution < -0.4 is 0 Å². The second-order valence-electron chi connectivity index (χ2n) is 2.47. The third-order valence-electron chi connectivity index (χ3n) is 1.52. The van der Waals surface area contributed by atoms with Gasteiger partial charge in [-0.05, 0) is 23.9 Å². The van der Waals surface area contributed by atoms with Gasteiger partial charge < -0.3 is 0 Å². The van der Waals surface area contributed by atoms with Crippen molar-refractivity contribution >= 4 is 33.3 Å². The number of alkyl halides is 2. The van der Waals surface area contributed by atoms with Gasteiger partial charge in [0.25, 0.3) is 5.76 Å². The van der Waals surface area contributed by atoms with Crippen LogP contribution in [0.5, 0.6) is 0 Å². The van der Waals surface area contributed by atoms with Crippen molar-refractivity contribution in [1.82, 2.24) is 4.98 Å². The van der Waals surface area contributed by atoms with Gasteiger partial charge in [-0.15, -0.1) is 11.3 Å². The topological polar surface area (TPSA) is 12.9 Å². The molecule has 0 spiro atoms. The average molecular weight is 235 g/mol. The van der Waals surface area contributed by atoms with Crippen molar-refractivity contribution < 1.29 is 13.2 Å². The van der Waals surface area contributed by atoms with Crippen molar-refractivity contribution in [2.45, 2.75) is 10.1 Å². The molecule has 0 bridgehead atoms. The number of rotatable bonds is 2. The Morgan fingerprint density at radius 1 is 1.36 bits per heavy atom. The van der Waals surface area contributed by atoms with Crippen LogP contribution >= 0.6 is 23.1 Å². The van der Waals surface area contributed by atoms with Crippen molar-refractivity contribution in [2.24, 2.45) is 0 Å². The van der Waals surface area contributed by atoms with Gasteiger partial charge in [-0.1, -0.05) is 0 Å². The van der Waals surface area contributed by atoms with Gasteiger partial charge in [-0.25, -0.2) is 9.37 Å². The molecule has 1 nitrogen and oxygen atoms in total. The Labute approximate surface area is 86.0 Å². The zero-order valence-electron chi connectivity index (χ0n) is 6.71. The lowest BCUT2D eigenvalue weighted by Crippen LogP contribution is -1.79. The van der Waals surface area contributed by atoms with E-state index in [1.165, 1.54) is 18.2 Å². The highest BCUT2D eigenvalue weighted by atomic mass is 32.2. The molecule has 0 aliphatic heterocycles. The van der Waals surface area contributed by atoms with Gasteiger partial charge in [-0.3, -0.25) is 0 Å². The maximum atomic E-state index is 12.7. The van der Waals surface area contributed by atoms with E-state index in [2.05, 4.69) is 4.98 Å². The Kier molecular flexibility index (Phi) is 2.64. The minimum atomic E-state index is -2.49. The first-order valence-electron chi connectivity index (χ1n) is 3.66. The van der Waals surface area contributed by atoms with E-state index in [9.17, 15) is 13.2 Å². The molecule has 0 unspecified atom stereocenters. The number of benzene rings is 1. The lowest BCUT2D eigenvalue weighted by atomic mass is 10.3. The summed E-state index contributed by atoms with van der Waals surface area (Å²) in [6.07, 6.45) is 0. The molecule has 0 radical (unpaired) electrons. The first-order valence-corrected chi connectivity index (χ1v) is 5.35. The van der Waals surface area contributed by atoms with Crippen LogP contribution in [-0.2, 0) is 0 Å². The Morgan fingerprint density at radius 3 is 2.86 bits per heavy atom. The van der Waals surface area contributed by atoms with E-state index in [-0.39, 0.29) is 4.34 Å². The molecule has 1 aromatic carbocycles. The summed E-state index contributed by atoms with van der Waals surface area (Å²) in [7, 11) is 0. The van der Waals surface area contributed by atoms with Crippen LogP contribution in [0.1, 0.15) is 0 Å². The van der Waals surface area contributed by atoms with E-state index < -0.39 is 11.6 Å². The number of hydrogen-bond donors (Lipinski definition) is 0. The minimum Gasteiger partial charge on any atom is -0.229 e. The summed E-state index contributed by atoms with van der Waals surface area (Å²) in [6.45, 7) is 0. The first-order chi connectivity index (χ1) is 6.65. The number of thiazole rings is 1. The van der Waals surface area contributed by atoms with E-state index in [1.807, 2.05) is 0 Å². The van der Waals surface area contributed by atoms with Crippen molar-refractivity contribution in [3.05, 3.63) is 24.0 Å². The Hall–Kier alpha value is -0.750. The molecular weight excluding hydrogens is 231 g/mol. The van der Waals surface area contributed by atoms with E-state index in [0.717, 1.165) is 16.0 Å². The van der Waals surface area contributed by atoms with Crippen LogP contribution in [0, 0.1) is 5.82 Å². The summed E-state index contributed by atoms with van der Waals surface area (Å²) < 4.78 is 37.7. The van der Waals surface area contributed by atoms with Gasteiger partial charge in [-0.2, -0.15) is 8.78 Å². The molecule has 1 heterocycles. The average Bonchev–Trinajstić information content (AvgIpc) is 2.44. The van der Waals surface area contributed by atoms with Gasteiger partial charge in [0, 0.05) is 6.07 Å². The molecule has 0 aliphatic carbocycles. The quantitative estimate of drug-likeness (QED) is 0.735. The van der Waals surface area contributed by atoms with Crippen LogP contribution in [0.15, 0.2) is 22.5 Å². The highest BCUT2D eigenvalue weighted by Crippen LogP contribution is 2.32. The highest BCUT2D eigenvalue weighted by Gasteiger charge is 2.10. The molecule has 74 valence electrons. The standard InChI is InChI=1S/C8H4F3NS2/c9-4-1-2-6-5(3-4)12-8(13-6)14-7(10)11/h1-3,7H. The fourth-order valence-corrected chi connectivity index (χ4v) is 2.67. The minimum absolute atomic E-state index is 0.264. The lowest BCUT2D eigenvalue weighted by molar-refractivity contribution is 0.252. The number of hydrogen-bond acceptors (Lipinski definition) is 3. The predicted molar refractivity (Wildman–Crippen MR) is 51.4 cm³/mol. The van der Waals surface area contributed by atoms with Gasteiger partial charge in [0.05, 0.1) is 10.2 Å². The van der Waals surface area contributed by atoms with Crippen molar-refractivity contribution in [3.63, 3.8) is 0 Å². The molecule has 2 rings (SSSR count). The van der Waals surface area contributed by atoms with E-state index in [0.29, 0.717) is 17.3 Å². The summed E-state index contributed by atoms with van der Waals surface area (Å²) in [5, 5.41) is 0. The number of halogens is 3. The monoisotopic (exact) mass is 235 g/mol. The largest absolute Gasteiger partial charge is 0.291 e. The first kappa shape index (κ1) is 9.79. The van der Waals surface area contributed by atoms with Crippen molar-refractivity contribution in [2.75, 3.05) is 0 Å². The smallest absolute Gasteiger partial charge is 0.229 e. The van der Waals surface area contributed by atoms with E-state index in [4.69, 9.17) is 0 Å². The summed E-state index contributed by atoms with van der Waals surface area (Å²) in [5.74, 6) is -2.89. The highest BCUT2D eigenvalue weighted by molar-refractivity contribution is 8.01. The fraction of sp³-hybridized carbons (Fsp3) is 0.125. The molecule has 0 fully saturated rings. The van der Waals surface area contributed by atoms with E-state index >= 15 is 0 Å². The van der Waals surface area contributed by atoms with Crippen LogP contribution in [0.3, 0.4) is 0 Å². The Balaban J connectivity index is 2.41. The van der Waals surface area contributed by atoms with Crippen LogP contribution in [0.2, 0.25) is 0 Å². The number of nitrogens with zero attached hydrogens (tertiary/aromatic N) is 1. The molecule has 0 saturated heterocycles. The second-order valence-corrected chi connectivity index (χ2v) is 4.74. The van der Waals surface area contributed by atoms with Gasteiger partial charge in [0.1, 0.15) is 5.82 Å². The molecular formula is C8H4F3NS2. The predicted octanol–water partition coefficient (Wildman–Crippen LogP) is 3.75. The van der Waals surface area contributed by atoms with Crippen LogP contribution in [0.25, 0.3) is 10.2 Å². The lowest BCUT2D eigenvalue weighted by Gasteiger charge is -1.90. The molecule has 0 N–H and O–H groups in total. The molecule has 0 atom stereocenters. The number of fused-ring (bicyclic) bond motifs is 1. The molecule has 2 aromatic rings. The molecule has 0 aliphatic rings. The Bertz CT molecular complexity index is 455. The summed E-state index contributed by atoms with van der Waals surface area (Å²) >= 11 is 1.52. The molecule has 1 aromatic heterocycles. The molecule has 6 heteroatoms. The molecule has 14 heavy (non-hydrogen) atoms. The summed E-state index contributed by atoms with van der Waals surface area (Å²) in [6, 6.07) is 4.07. The summed E-state index contributed by atoms with van der Waals surface area (Å²) in [5.41, 5.74) is 0.429. The fourth-order valence-electron chi connectivity index (χ4n) is 1.01. The molecule has 0 amide bonds. The zero-order chi connectivity index (χ0) is 10.1. The van der Waals surface area contributed by atoms with Gasteiger partial charge in [0.15, 0.2) is 4.34 Å². The van der Waals surface area contributed by atoms with E-state index in [1.54, 1.807) is 0 Å². The third kappa shape index (κ3) is 2.01. The van der Waals surface area contributed by atoms with Crippen LogP contribution in [0.4, 0.5) is 13.2 Å². The second kappa shape index (κ2) is 3.78. The van der Waals surface area contributed by atoms with Crippen molar-refractivity contribution in [3.8, 4) is 0 Å². The van der Waals surface area contributed by atoms with Crippen molar-refractivity contribution in [1.29, 1.82) is 0 Å². The number of thioether (sulfide) groups is 1. The Morgan fingerprint density at radius 2 is 2.14 bits per heavy atom. The summed E-state index contributed by atoms with van der Waals surface area (Å²) in [4.78, 5) is 3.88. The molecule has 0 saturated carbocycles.